The van der Waals surface area contributed by atoms with Crippen LogP contribution in [0.5, 0.6) is 5.75 Å². The summed E-state index contributed by atoms with van der Waals surface area (Å²) in [4.78, 5) is 27.2. The van der Waals surface area contributed by atoms with Crippen LogP contribution in [-0.2, 0) is 9.59 Å². The van der Waals surface area contributed by atoms with Gasteiger partial charge in [-0.25, -0.2) is 0 Å². The third-order valence-electron chi connectivity index (χ3n) is 6.66. The van der Waals surface area contributed by atoms with Gasteiger partial charge < -0.3 is 15.0 Å². The van der Waals surface area contributed by atoms with Crippen molar-refractivity contribution < 1.29 is 14.3 Å². The molecule has 1 aromatic carbocycles. The molecule has 3 atom stereocenters. The van der Waals surface area contributed by atoms with Crippen LogP contribution in [0, 0.1) is 23.7 Å². The van der Waals surface area contributed by atoms with Gasteiger partial charge in [0, 0.05) is 37.2 Å². The van der Waals surface area contributed by atoms with E-state index in [-0.39, 0.29) is 11.8 Å². The zero-order valence-electron chi connectivity index (χ0n) is 16.6. The Balaban J connectivity index is 1.19. The van der Waals surface area contributed by atoms with E-state index >= 15 is 0 Å². The van der Waals surface area contributed by atoms with E-state index in [2.05, 4.69) is 22.4 Å². The van der Waals surface area contributed by atoms with Crippen molar-refractivity contribution in [2.75, 3.05) is 25.5 Å². The number of carbonyl (C=O) groups excluding carboxylic acids is 2. The number of likely N-dealkylation sites (tertiary alicyclic amines) is 1. The molecule has 1 aromatic rings. The lowest BCUT2D eigenvalue weighted by Crippen LogP contribution is -2.42. The lowest BCUT2D eigenvalue weighted by molar-refractivity contribution is -0.138. The maximum atomic E-state index is 12.8. The Kier molecular flexibility index (Phi) is 5.69. The molecule has 4 rings (SSSR count). The van der Waals surface area contributed by atoms with E-state index in [4.69, 9.17) is 4.74 Å². The monoisotopic (exact) mass is 382 g/mol. The SMILES string of the molecule is COc1cccc(NC(=O)CCC2CCN(C(=O)[C@H]3C[C@@H]4C=C[C@H]3C4)CC2)c1. The molecule has 150 valence electrons. The Morgan fingerprint density at radius 1 is 1.18 bits per heavy atom. The first-order chi connectivity index (χ1) is 13.6. The highest BCUT2D eigenvalue weighted by Gasteiger charge is 2.41. The molecule has 1 N–H and O–H groups in total. The number of nitrogens with zero attached hydrogens (tertiary/aromatic N) is 1. The van der Waals surface area contributed by atoms with E-state index in [0.29, 0.717) is 30.1 Å². The summed E-state index contributed by atoms with van der Waals surface area (Å²) in [5, 5.41) is 2.95. The van der Waals surface area contributed by atoms with Gasteiger partial charge in [0.1, 0.15) is 5.75 Å². The highest BCUT2D eigenvalue weighted by molar-refractivity contribution is 5.90. The van der Waals surface area contributed by atoms with Crippen molar-refractivity contribution in [1.82, 2.24) is 4.90 Å². The topological polar surface area (TPSA) is 58.6 Å². The number of carbonyl (C=O) groups is 2. The predicted molar refractivity (Wildman–Crippen MR) is 109 cm³/mol. The summed E-state index contributed by atoms with van der Waals surface area (Å²) in [6, 6.07) is 7.42. The van der Waals surface area contributed by atoms with Gasteiger partial charge in [-0.2, -0.15) is 0 Å². The number of rotatable bonds is 6. The second-order valence-corrected chi connectivity index (χ2v) is 8.47. The summed E-state index contributed by atoms with van der Waals surface area (Å²) in [5.41, 5.74) is 0.768. The number of amides is 2. The van der Waals surface area contributed by atoms with Gasteiger partial charge >= 0.3 is 0 Å². The molecular weight excluding hydrogens is 352 g/mol. The van der Waals surface area contributed by atoms with Crippen molar-refractivity contribution in [2.24, 2.45) is 23.7 Å². The van der Waals surface area contributed by atoms with Crippen LogP contribution in [-0.4, -0.2) is 36.9 Å². The first-order valence-corrected chi connectivity index (χ1v) is 10.5. The van der Waals surface area contributed by atoms with E-state index in [9.17, 15) is 9.59 Å². The Hall–Kier alpha value is -2.30. The van der Waals surface area contributed by atoms with Crippen LogP contribution in [0.1, 0.15) is 38.5 Å². The minimum absolute atomic E-state index is 0.0422. The third-order valence-corrected chi connectivity index (χ3v) is 6.66. The number of anilines is 1. The highest BCUT2D eigenvalue weighted by Crippen LogP contribution is 2.44. The molecule has 0 aromatic heterocycles. The van der Waals surface area contributed by atoms with E-state index in [1.165, 1.54) is 6.42 Å². The first kappa shape index (κ1) is 19.0. The Morgan fingerprint density at radius 3 is 2.68 bits per heavy atom. The molecule has 2 amide bonds. The largest absolute Gasteiger partial charge is 0.497 e. The van der Waals surface area contributed by atoms with E-state index in [0.717, 1.165) is 50.2 Å². The smallest absolute Gasteiger partial charge is 0.226 e. The molecule has 2 bridgehead atoms. The number of piperidine rings is 1. The zero-order chi connectivity index (χ0) is 19.5. The second kappa shape index (κ2) is 8.38. The standard InChI is InChI=1S/C23H30N2O3/c1-28-20-4-2-3-19(15-20)24-22(26)8-6-16-9-11-25(12-10-16)23(27)21-14-17-5-7-18(21)13-17/h2-5,7,15-18,21H,6,8-14H2,1H3,(H,24,26)/t17-,18+,21+/m1/s1. The number of methoxy groups -OCH3 is 1. The molecule has 1 saturated heterocycles. The lowest BCUT2D eigenvalue weighted by Gasteiger charge is -2.34. The molecule has 3 aliphatic rings. The molecule has 0 radical (unpaired) electrons. The number of nitrogens with one attached hydrogen (secondary N) is 1. The molecule has 0 unspecified atom stereocenters. The van der Waals surface area contributed by atoms with Gasteiger partial charge in [0.2, 0.25) is 11.8 Å². The second-order valence-electron chi connectivity index (χ2n) is 8.47. The molecule has 1 aliphatic heterocycles. The third kappa shape index (κ3) is 4.23. The maximum absolute atomic E-state index is 12.8. The number of hydrogen-bond acceptors (Lipinski definition) is 3. The average molecular weight is 383 g/mol. The van der Waals surface area contributed by atoms with Crippen LogP contribution in [0.3, 0.4) is 0 Å². The summed E-state index contributed by atoms with van der Waals surface area (Å²) in [6.45, 7) is 1.69. The van der Waals surface area contributed by atoms with Gasteiger partial charge in [-0.15, -0.1) is 0 Å². The first-order valence-electron chi connectivity index (χ1n) is 10.5. The molecule has 0 spiro atoms. The van der Waals surface area contributed by atoms with Crippen molar-refractivity contribution in [3.8, 4) is 5.75 Å². The van der Waals surface area contributed by atoms with Crippen molar-refractivity contribution in [2.45, 2.75) is 38.5 Å². The van der Waals surface area contributed by atoms with Gasteiger partial charge in [0.25, 0.3) is 0 Å². The Bertz CT molecular complexity index is 752. The summed E-state index contributed by atoms with van der Waals surface area (Å²) < 4.78 is 5.19. The van der Waals surface area contributed by atoms with E-state index < -0.39 is 0 Å². The van der Waals surface area contributed by atoms with Gasteiger partial charge in [0.05, 0.1) is 7.11 Å². The number of hydrogen-bond donors (Lipinski definition) is 1. The molecule has 2 fully saturated rings. The molecule has 5 heteroatoms. The average Bonchev–Trinajstić information content (AvgIpc) is 3.36. The normalized spacial score (nSPS) is 26.5. The van der Waals surface area contributed by atoms with Crippen molar-refractivity contribution in [1.29, 1.82) is 0 Å². The molecular formula is C23H30N2O3. The quantitative estimate of drug-likeness (QED) is 0.760. The van der Waals surface area contributed by atoms with Gasteiger partial charge in [-0.05, 0) is 62.0 Å². The number of fused-ring (bicyclic) bond motifs is 2. The van der Waals surface area contributed by atoms with E-state index in [1.54, 1.807) is 7.11 Å². The van der Waals surface area contributed by atoms with Crippen molar-refractivity contribution in [3.05, 3.63) is 36.4 Å². The van der Waals surface area contributed by atoms with Gasteiger partial charge in [-0.1, -0.05) is 18.2 Å². The molecule has 2 aliphatic carbocycles. The molecule has 1 saturated carbocycles. The maximum Gasteiger partial charge on any atom is 0.226 e. The van der Waals surface area contributed by atoms with Crippen LogP contribution in [0.2, 0.25) is 0 Å². The number of allylic oxidation sites excluding steroid dienone is 2. The summed E-state index contributed by atoms with van der Waals surface area (Å²) in [5.74, 6) is 3.02. The van der Waals surface area contributed by atoms with Crippen LogP contribution in [0.25, 0.3) is 0 Å². The zero-order valence-corrected chi connectivity index (χ0v) is 16.6. The molecule has 28 heavy (non-hydrogen) atoms. The van der Waals surface area contributed by atoms with Crippen molar-refractivity contribution >= 4 is 17.5 Å². The number of ether oxygens (including phenoxy) is 1. The van der Waals surface area contributed by atoms with Crippen LogP contribution >= 0.6 is 0 Å². The minimum Gasteiger partial charge on any atom is -0.497 e. The van der Waals surface area contributed by atoms with Crippen LogP contribution in [0.4, 0.5) is 5.69 Å². The summed E-state index contributed by atoms with van der Waals surface area (Å²) in [6.07, 6.45) is 10.2. The predicted octanol–water partition coefficient (Wildman–Crippen LogP) is 3.86. The van der Waals surface area contributed by atoms with E-state index in [1.807, 2.05) is 24.3 Å². The number of benzene rings is 1. The fourth-order valence-electron chi connectivity index (χ4n) is 5.00. The van der Waals surface area contributed by atoms with Crippen LogP contribution in [0.15, 0.2) is 36.4 Å². The minimum atomic E-state index is 0.0422. The summed E-state index contributed by atoms with van der Waals surface area (Å²) >= 11 is 0. The van der Waals surface area contributed by atoms with Gasteiger partial charge in [0.15, 0.2) is 0 Å². The fraction of sp³-hybridized carbons (Fsp3) is 0.565. The highest BCUT2D eigenvalue weighted by atomic mass is 16.5. The molecule has 1 heterocycles. The van der Waals surface area contributed by atoms with Crippen LogP contribution < -0.4 is 10.1 Å². The Morgan fingerprint density at radius 2 is 2.00 bits per heavy atom. The fourth-order valence-corrected chi connectivity index (χ4v) is 5.00. The van der Waals surface area contributed by atoms with Crippen molar-refractivity contribution in [3.63, 3.8) is 0 Å². The summed E-state index contributed by atoms with van der Waals surface area (Å²) in [7, 11) is 1.62. The van der Waals surface area contributed by atoms with Gasteiger partial charge in [-0.3, -0.25) is 9.59 Å². The lowest BCUT2D eigenvalue weighted by atomic mass is 9.88. The molecule has 5 nitrogen and oxygen atoms in total. The Labute approximate surface area is 167 Å².